The van der Waals surface area contributed by atoms with Gasteiger partial charge in [0.2, 0.25) is 0 Å². The van der Waals surface area contributed by atoms with E-state index in [0.717, 1.165) is 35.4 Å². The maximum Gasteiger partial charge on any atom is 0.416 e. The van der Waals surface area contributed by atoms with Gasteiger partial charge in [-0.05, 0) is 97.7 Å². The highest BCUT2D eigenvalue weighted by Gasteiger charge is 2.35. The van der Waals surface area contributed by atoms with Gasteiger partial charge in [0.1, 0.15) is 0 Å². The molecule has 2 aliphatic carbocycles. The molecule has 2 aromatic carbocycles. The van der Waals surface area contributed by atoms with Gasteiger partial charge < -0.3 is 0 Å². The smallest absolute Gasteiger partial charge is 0.166 e. The van der Waals surface area contributed by atoms with Crippen molar-refractivity contribution in [1.29, 1.82) is 0 Å². The van der Waals surface area contributed by atoms with Crippen molar-refractivity contribution < 1.29 is 13.2 Å². The fourth-order valence-corrected chi connectivity index (χ4v) is 5.77. The molecule has 0 amide bonds. The topological polar surface area (TPSA) is 0 Å². The number of rotatable bonds is 4. The first kappa shape index (κ1) is 23.0. The Morgan fingerprint density at radius 1 is 0.781 bits per heavy atom. The van der Waals surface area contributed by atoms with Gasteiger partial charge in [-0.15, -0.1) is 0 Å². The number of unbranched alkanes of at least 4 members (excludes halogenated alkanes) is 1. The van der Waals surface area contributed by atoms with Crippen molar-refractivity contribution in [2.75, 3.05) is 0 Å². The summed E-state index contributed by atoms with van der Waals surface area (Å²) < 4.78 is 38.0. The Morgan fingerprint density at radius 2 is 1.38 bits per heavy atom. The third-order valence-corrected chi connectivity index (χ3v) is 7.63. The molecule has 4 atom stereocenters. The van der Waals surface area contributed by atoms with Crippen LogP contribution in [0.2, 0.25) is 0 Å². The van der Waals surface area contributed by atoms with E-state index >= 15 is 0 Å². The Morgan fingerprint density at radius 3 is 2.00 bits per heavy atom. The second kappa shape index (κ2) is 10.2. The van der Waals surface area contributed by atoms with Crippen LogP contribution in [0, 0.1) is 29.6 Å². The molecule has 2 fully saturated rings. The number of fused-ring (bicyclic) bond motifs is 1. The van der Waals surface area contributed by atoms with Crippen molar-refractivity contribution in [1.82, 2.24) is 0 Å². The third kappa shape index (κ3) is 5.77. The summed E-state index contributed by atoms with van der Waals surface area (Å²) in [5.41, 5.74) is 2.27. The van der Waals surface area contributed by atoms with Crippen molar-refractivity contribution in [3.63, 3.8) is 0 Å². The number of benzene rings is 2. The highest BCUT2D eigenvalue weighted by atomic mass is 19.4. The molecule has 4 rings (SSSR count). The summed E-state index contributed by atoms with van der Waals surface area (Å²) in [4.78, 5) is 0. The summed E-state index contributed by atoms with van der Waals surface area (Å²) in [5, 5.41) is 0. The zero-order valence-corrected chi connectivity index (χ0v) is 18.9. The molecule has 170 valence electrons. The van der Waals surface area contributed by atoms with Gasteiger partial charge in [0.05, 0.1) is 5.56 Å². The quantitative estimate of drug-likeness (QED) is 0.419. The van der Waals surface area contributed by atoms with E-state index < -0.39 is 11.7 Å². The molecule has 0 saturated heterocycles. The van der Waals surface area contributed by atoms with Crippen molar-refractivity contribution in [3.8, 4) is 11.8 Å². The van der Waals surface area contributed by atoms with Crippen LogP contribution in [-0.2, 0) is 6.18 Å². The Balaban J connectivity index is 1.34. The van der Waals surface area contributed by atoms with Gasteiger partial charge in [-0.3, -0.25) is 0 Å². The van der Waals surface area contributed by atoms with Crippen LogP contribution in [0.3, 0.4) is 0 Å². The lowest BCUT2D eigenvalue weighted by Gasteiger charge is -2.42. The highest BCUT2D eigenvalue weighted by Crippen LogP contribution is 2.48. The Bertz CT molecular complexity index is 928. The molecule has 0 aromatic heterocycles. The van der Waals surface area contributed by atoms with Crippen LogP contribution in [0.1, 0.15) is 92.9 Å². The van der Waals surface area contributed by atoms with Gasteiger partial charge >= 0.3 is 6.18 Å². The van der Waals surface area contributed by atoms with Crippen molar-refractivity contribution in [2.45, 2.75) is 76.8 Å². The maximum absolute atomic E-state index is 12.7. The number of alkyl halides is 3. The minimum absolute atomic E-state index is 0.593. The minimum atomic E-state index is -4.31. The number of hydrogen-bond acceptors (Lipinski definition) is 0. The van der Waals surface area contributed by atoms with Crippen LogP contribution in [-0.4, -0.2) is 0 Å². The van der Waals surface area contributed by atoms with E-state index in [2.05, 4.69) is 43.0 Å². The van der Waals surface area contributed by atoms with Gasteiger partial charge in [-0.1, -0.05) is 56.6 Å². The largest absolute Gasteiger partial charge is 0.416 e. The zero-order valence-electron chi connectivity index (χ0n) is 18.9. The molecule has 0 N–H and O–H groups in total. The van der Waals surface area contributed by atoms with E-state index in [1.165, 1.54) is 75.5 Å². The fraction of sp³-hybridized carbons (Fsp3) is 0.517. The third-order valence-electron chi connectivity index (χ3n) is 7.63. The molecule has 0 aliphatic heterocycles. The summed E-state index contributed by atoms with van der Waals surface area (Å²) in [6, 6.07) is 13.5. The summed E-state index contributed by atoms with van der Waals surface area (Å²) in [5.74, 6) is 9.52. The van der Waals surface area contributed by atoms with Crippen LogP contribution in [0.4, 0.5) is 13.2 Å². The van der Waals surface area contributed by atoms with E-state index in [-0.39, 0.29) is 0 Å². The molecule has 0 radical (unpaired) electrons. The van der Waals surface area contributed by atoms with Crippen molar-refractivity contribution in [3.05, 3.63) is 70.8 Å². The molecule has 0 spiro atoms. The monoisotopic (exact) mass is 438 g/mol. The second-order valence-electron chi connectivity index (χ2n) is 9.80. The van der Waals surface area contributed by atoms with Crippen LogP contribution < -0.4 is 0 Å². The van der Waals surface area contributed by atoms with Crippen molar-refractivity contribution in [2.24, 2.45) is 17.8 Å². The average molecular weight is 439 g/mol. The molecule has 32 heavy (non-hydrogen) atoms. The SMILES string of the molecule is CCCCC1CCC2CC(c3ccc(C#Cc4ccc(C(F)(F)F)cc4)cc3)CCC2C1. The Kier molecular flexibility index (Phi) is 7.29. The predicted octanol–water partition coefficient (Wildman–Crippen LogP) is 8.60. The highest BCUT2D eigenvalue weighted by molar-refractivity contribution is 5.44. The second-order valence-corrected chi connectivity index (χ2v) is 9.80. The van der Waals surface area contributed by atoms with Crippen LogP contribution in [0.5, 0.6) is 0 Å². The molecule has 4 unspecified atom stereocenters. The molecule has 3 heteroatoms. The van der Waals surface area contributed by atoms with E-state index in [0.29, 0.717) is 11.5 Å². The molecule has 2 saturated carbocycles. The summed E-state index contributed by atoms with van der Waals surface area (Å²) in [6.45, 7) is 2.29. The first-order valence-corrected chi connectivity index (χ1v) is 12.2. The molecular weight excluding hydrogens is 405 g/mol. The first-order chi connectivity index (χ1) is 15.4. The lowest BCUT2D eigenvalue weighted by atomic mass is 9.63. The molecule has 0 bridgehead atoms. The van der Waals surface area contributed by atoms with Gasteiger partial charge in [-0.25, -0.2) is 0 Å². The van der Waals surface area contributed by atoms with Gasteiger partial charge in [0.25, 0.3) is 0 Å². The Labute approximate surface area is 190 Å². The number of hydrogen-bond donors (Lipinski definition) is 0. The first-order valence-electron chi connectivity index (χ1n) is 12.2. The van der Waals surface area contributed by atoms with Crippen molar-refractivity contribution >= 4 is 0 Å². The summed E-state index contributed by atoms with van der Waals surface area (Å²) in [6.07, 6.45) is 8.09. The van der Waals surface area contributed by atoms with E-state index in [1.54, 1.807) is 0 Å². The average Bonchev–Trinajstić information content (AvgIpc) is 2.81. The lowest BCUT2D eigenvalue weighted by Crippen LogP contribution is -2.30. The Hall–Kier alpha value is -2.21. The summed E-state index contributed by atoms with van der Waals surface area (Å²) in [7, 11) is 0. The van der Waals surface area contributed by atoms with Gasteiger partial charge in [-0.2, -0.15) is 13.2 Å². The summed E-state index contributed by atoms with van der Waals surface area (Å²) >= 11 is 0. The lowest BCUT2D eigenvalue weighted by molar-refractivity contribution is -0.137. The molecule has 0 heterocycles. The molecule has 0 nitrogen and oxygen atoms in total. The molecular formula is C29H33F3. The predicted molar refractivity (Wildman–Crippen MR) is 124 cm³/mol. The molecule has 2 aliphatic rings. The van der Waals surface area contributed by atoms with E-state index in [1.807, 2.05) is 0 Å². The van der Waals surface area contributed by atoms with Gasteiger partial charge in [0.15, 0.2) is 0 Å². The maximum atomic E-state index is 12.7. The van der Waals surface area contributed by atoms with Gasteiger partial charge in [0, 0.05) is 11.1 Å². The normalized spacial score (nSPS) is 25.5. The number of halogens is 3. The van der Waals surface area contributed by atoms with Crippen LogP contribution >= 0.6 is 0 Å². The fourth-order valence-electron chi connectivity index (χ4n) is 5.77. The van der Waals surface area contributed by atoms with E-state index in [9.17, 15) is 13.2 Å². The zero-order chi connectivity index (χ0) is 22.6. The standard InChI is InChI=1S/C29H33F3/c1-2-3-4-23-9-14-27-20-26(16-15-25(27)19-23)24-12-7-21(8-13-24)5-6-22-10-17-28(18-11-22)29(30,31)32/h7-8,10-13,17-18,23,25-27H,2-4,9,14-16,19-20H2,1H3. The molecule has 2 aromatic rings. The van der Waals surface area contributed by atoms with Crippen LogP contribution in [0.25, 0.3) is 0 Å². The van der Waals surface area contributed by atoms with Crippen LogP contribution in [0.15, 0.2) is 48.5 Å². The minimum Gasteiger partial charge on any atom is -0.166 e. The van der Waals surface area contributed by atoms with E-state index in [4.69, 9.17) is 0 Å².